The van der Waals surface area contributed by atoms with Crippen molar-refractivity contribution in [3.63, 3.8) is 0 Å². The minimum absolute atomic E-state index is 0.00543. The number of esters is 1. The van der Waals surface area contributed by atoms with E-state index in [4.69, 9.17) is 9.47 Å². The molecule has 37 heavy (non-hydrogen) atoms. The number of nitrogens with one attached hydrogen (secondary N) is 1. The number of carbonyl (C=O) groups excluding carboxylic acids is 2. The zero-order valence-corrected chi connectivity index (χ0v) is 24.2. The van der Waals surface area contributed by atoms with Gasteiger partial charge in [0.2, 0.25) is 5.91 Å². The van der Waals surface area contributed by atoms with E-state index in [1.807, 2.05) is 12.1 Å². The predicted octanol–water partition coefficient (Wildman–Crippen LogP) is 6.75. The fourth-order valence-corrected chi connectivity index (χ4v) is 5.03. The molecule has 0 aliphatic carbocycles. The van der Waals surface area contributed by atoms with Crippen molar-refractivity contribution in [2.75, 3.05) is 24.6 Å². The minimum Gasteiger partial charge on any atom is -0.476 e. The Balaban J connectivity index is 1.70. The number of amides is 1. The van der Waals surface area contributed by atoms with Gasteiger partial charge in [0, 0.05) is 23.2 Å². The lowest BCUT2D eigenvalue weighted by Gasteiger charge is -2.33. The third-order valence-electron chi connectivity index (χ3n) is 6.67. The molecule has 0 saturated carbocycles. The van der Waals surface area contributed by atoms with Gasteiger partial charge in [-0.3, -0.25) is 4.79 Å². The first-order chi connectivity index (χ1) is 17.7. The molecule has 1 aliphatic heterocycles. The van der Waals surface area contributed by atoms with Crippen LogP contribution in [-0.4, -0.2) is 37.2 Å². The van der Waals surface area contributed by atoms with Crippen LogP contribution in [0.3, 0.4) is 0 Å². The number of anilines is 1. The summed E-state index contributed by atoms with van der Waals surface area (Å²) < 4.78 is 12.0. The Hall–Kier alpha value is -2.54. The highest BCUT2D eigenvalue weighted by Gasteiger charge is 2.31. The Bertz CT molecular complexity index is 1030. The van der Waals surface area contributed by atoms with Gasteiger partial charge in [-0.05, 0) is 81.8 Å². The number of ether oxygens (including phenoxy) is 2. The van der Waals surface area contributed by atoms with Crippen LogP contribution in [-0.2, 0) is 20.7 Å². The van der Waals surface area contributed by atoms with Crippen molar-refractivity contribution in [2.24, 2.45) is 0 Å². The quantitative estimate of drug-likeness (QED) is 0.285. The largest absolute Gasteiger partial charge is 0.476 e. The number of benzene rings is 2. The van der Waals surface area contributed by atoms with Crippen molar-refractivity contribution in [3.8, 4) is 5.75 Å². The second-order valence-electron chi connectivity index (χ2n) is 10.2. The third-order valence-corrected chi connectivity index (χ3v) is 7.17. The molecule has 3 rings (SSSR count). The number of carbonyl (C=O) groups is 2. The first-order valence-electron chi connectivity index (χ1n) is 13.5. The van der Waals surface area contributed by atoms with Crippen LogP contribution in [0.2, 0.25) is 0 Å². The van der Waals surface area contributed by atoms with Gasteiger partial charge in [0.1, 0.15) is 5.75 Å². The summed E-state index contributed by atoms with van der Waals surface area (Å²) in [5, 5.41) is 3.32. The molecule has 0 aromatic heterocycles. The smallest absolute Gasteiger partial charge is 0.349 e. The Morgan fingerprint density at radius 3 is 2.41 bits per heavy atom. The highest BCUT2D eigenvalue weighted by atomic mass is 79.9. The molecule has 2 aromatic rings. The van der Waals surface area contributed by atoms with Crippen LogP contribution in [0.25, 0.3) is 0 Å². The molecule has 1 fully saturated rings. The van der Waals surface area contributed by atoms with Crippen molar-refractivity contribution < 1.29 is 19.1 Å². The molecule has 1 aliphatic rings. The molecule has 1 amide bonds. The standard InChI is InChI=1S/C30H41BrN2O4/c1-5-7-11-26(25-17-14-23(31)21-27(25)33-18-9-8-10-19-33)32-28(34)20-22-12-15-24(16-13-22)37-30(3,4)29(35)36-6-2/h12-17,21,26H,5-11,18-20H2,1-4H3,(H,32,34). The van der Waals surface area contributed by atoms with Crippen LogP contribution in [0.15, 0.2) is 46.9 Å². The van der Waals surface area contributed by atoms with Crippen LogP contribution < -0.4 is 15.0 Å². The first kappa shape index (κ1) is 29.0. The molecule has 1 N–H and O–H groups in total. The maximum atomic E-state index is 13.2. The Kier molecular flexibility index (Phi) is 10.9. The number of hydrogen-bond donors (Lipinski definition) is 1. The van der Waals surface area contributed by atoms with E-state index in [0.29, 0.717) is 12.4 Å². The van der Waals surface area contributed by atoms with Crippen molar-refractivity contribution >= 4 is 33.5 Å². The van der Waals surface area contributed by atoms with Crippen molar-refractivity contribution in [2.45, 2.75) is 84.3 Å². The zero-order valence-electron chi connectivity index (χ0n) is 22.6. The minimum atomic E-state index is -1.09. The number of halogens is 1. The summed E-state index contributed by atoms with van der Waals surface area (Å²) in [5.74, 6) is 0.145. The van der Waals surface area contributed by atoms with Gasteiger partial charge in [-0.25, -0.2) is 4.79 Å². The SMILES string of the molecule is CCCCC(NC(=O)Cc1ccc(OC(C)(C)C(=O)OCC)cc1)c1ccc(Br)cc1N1CCCCC1. The molecular formula is C30H41BrN2O4. The molecule has 2 aromatic carbocycles. The topological polar surface area (TPSA) is 67.9 Å². The van der Waals surface area contributed by atoms with Crippen molar-refractivity contribution in [1.82, 2.24) is 5.32 Å². The average Bonchev–Trinajstić information content (AvgIpc) is 2.88. The number of piperidine rings is 1. The Morgan fingerprint density at radius 1 is 1.05 bits per heavy atom. The molecule has 1 saturated heterocycles. The number of rotatable bonds is 12. The van der Waals surface area contributed by atoms with Gasteiger partial charge in [-0.2, -0.15) is 0 Å². The molecule has 6 nitrogen and oxygen atoms in total. The second kappa shape index (κ2) is 13.8. The summed E-state index contributed by atoms with van der Waals surface area (Å²) in [6, 6.07) is 13.7. The van der Waals surface area contributed by atoms with Crippen molar-refractivity contribution in [3.05, 3.63) is 58.1 Å². The molecular weight excluding hydrogens is 532 g/mol. The summed E-state index contributed by atoms with van der Waals surface area (Å²) in [6.45, 7) is 9.73. The predicted molar refractivity (Wildman–Crippen MR) is 152 cm³/mol. The third kappa shape index (κ3) is 8.49. The lowest BCUT2D eigenvalue weighted by molar-refractivity contribution is -0.158. The molecule has 0 radical (unpaired) electrons. The molecule has 1 unspecified atom stereocenters. The van der Waals surface area contributed by atoms with Crippen LogP contribution in [0.4, 0.5) is 5.69 Å². The second-order valence-corrected chi connectivity index (χ2v) is 11.1. The van der Waals surface area contributed by atoms with Crippen LogP contribution >= 0.6 is 15.9 Å². The monoisotopic (exact) mass is 572 g/mol. The molecule has 202 valence electrons. The highest BCUT2D eigenvalue weighted by molar-refractivity contribution is 9.10. The molecule has 0 bridgehead atoms. The van der Waals surface area contributed by atoms with Gasteiger partial charge >= 0.3 is 5.97 Å². The van der Waals surface area contributed by atoms with Crippen LogP contribution in [0.1, 0.15) is 83.4 Å². The van der Waals surface area contributed by atoms with E-state index in [9.17, 15) is 9.59 Å². The summed E-state index contributed by atoms with van der Waals surface area (Å²) in [7, 11) is 0. The van der Waals surface area contributed by atoms with E-state index in [2.05, 4.69) is 51.3 Å². The van der Waals surface area contributed by atoms with Gasteiger partial charge in [-0.15, -0.1) is 0 Å². The fourth-order valence-electron chi connectivity index (χ4n) is 4.68. The van der Waals surface area contributed by atoms with Crippen LogP contribution in [0.5, 0.6) is 5.75 Å². The highest BCUT2D eigenvalue weighted by Crippen LogP contribution is 2.34. The van der Waals surface area contributed by atoms with E-state index < -0.39 is 11.6 Å². The summed E-state index contributed by atoms with van der Waals surface area (Å²) in [5.41, 5.74) is 2.22. The van der Waals surface area contributed by atoms with Gasteiger partial charge in [0.15, 0.2) is 5.60 Å². The summed E-state index contributed by atoms with van der Waals surface area (Å²) >= 11 is 3.65. The maximum Gasteiger partial charge on any atom is 0.349 e. The fraction of sp³-hybridized carbons (Fsp3) is 0.533. The van der Waals surface area contributed by atoms with Crippen LogP contribution in [0, 0.1) is 0 Å². The molecule has 7 heteroatoms. The van der Waals surface area contributed by atoms with Gasteiger partial charge in [0.25, 0.3) is 0 Å². The van der Waals surface area contributed by atoms with E-state index in [1.165, 1.54) is 30.5 Å². The van der Waals surface area contributed by atoms with E-state index in [-0.39, 0.29) is 18.4 Å². The first-order valence-corrected chi connectivity index (χ1v) is 14.3. The van der Waals surface area contributed by atoms with Gasteiger partial charge in [-0.1, -0.05) is 53.9 Å². The maximum absolute atomic E-state index is 13.2. The average molecular weight is 574 g/mol. The Labute approximate surface area is 230 Å². The van der Waals surface area contributed by atoms with Gasteiger partial charge < -0.3 is 19.7 Å². The lowest BCUT2D eigenvalue weighted by atomic mass is 9.97. The number of hydrogen-bond acceptors (Lipinski definition) is 5. The Morgan fingerprint density at radius 2 is 1.76 bits per heavy atom. The lowest BCUT2D eigenvalue weighted by Crippen LogP contribution is -2.39. The zero-order chi connectivity index (χ0) is 26.8. The number of nitrogens with zero attached hydrogens (tertiary/aromatic N) is 1. The van der Waals surface area contributed by atoms with Crippen molar-refractivity contribution in [1.29, 1.82) is 0 Å². The summed E-state index contributed by atoms with van der Waals surface area (Å²) in [4.78, 5) is 27.7. The van der Waals surface area contributed by atoms with Gasteiger partial charge in [0.05, 0.1) is 19.1 Å². The van der Waals surface area contributed by atoms with E-state index >= 15 is 0 Å². The molecule has 1 atom stereocenters. The van der Waals surface area contributed by atoms with E-state index in [0.717, 1.165) is 42.4 Å². The summed E-state index contributed by atoms with van der Waals surface area (Å²) in [6.07, 6.45) is 6.98. The molecule has 1 heterocycles. The normalized spacial score (nSPS) is 14.7. The molecule has 0 spiro atoms. The number of unbranched alkanes of at least 4 members (excludes halogenated alkanes) is 1. The van der Waals surface area contributed by atoms with E-state index in [1.54, 1.807) is 32.9 Å².